The molecule has 1 saturated heterocycles. The predicted octanol–water partition coefficient (Wildman–Crippen LogP) is 1.47. The summed E-state index contributed by atoms with van der Waals surface area (Å²) >= 11 is 0. The monoisotopic (exact) mass is 277 g/mol. The molecule has 1 aliphatic heterocycles. The normalized spacial score (nSPS) is 21.8. The number of piperidine rings is 1. The first-order chi connectivity index (χ1) is 9.63. The van der Waals surface area contributed by atoms with Crippen molar-refractivity contribution in [3.05, 3.63) is 11.6 Å². The van der Waals surface area contributed by atoms with Crippen LogP contribution in [0.15, 0.2) is 0 Å². The number of aromatic nitrogens is 3. The third kappa shape index (κ3) is 3.20. The lowest BCUT2D eigenvalue weighted by Crippen LogP contribution is -2.37. The standard InChI is InChI=1S/C15H27N5/c1-18(2)10-12-6-8-20(9-7-12)11-14-16-17-15(19(14)3)13-4-5-13/h12-13H,4-11H2,1-3H3. The summed E-state index contributed by atoms with van der Waals surface area (Å²) in [4.78, 5) is 4.85. The van der Waals surface area contributed by atoms with Crippen molar-refractivity contribution >= 4 is 0 Å². The SMILES string of the molecule is CN(C)CC1CCN(Cc2nnc(C3CC3)n2C)CC1. The molecule has 1 aliphatic carbocycles. The Kier molecular flexibility index (Phi) is 4.08. The first-order valence-corrected chi connectivity index (χ1v) is 7.88. The zero-order chi connectivity index (χ0) is 14.1. The highest BCUT2D eigenvalue weighted by Gasteiger charge is 2.29. The average Bonchev–Trinajstić information content (AvgIpc) is 3.18. The summed E-state index contributed by atoms with van der Waals surface area (Å²) in [5.74, 6) is 3.88. The van der Waals surface area contributed by atoms with Crippen molar-refractivity contribution in [3.8, 4) is 0 Å². The Morgan fingerprint density at radius 1 is 1.10 bits per heavy atom. The van der Waals surface area contributed by atoms with Crippen molar-refractivity contribution in [1.82, 2.24) is 24.6 Å². The van der Waals surface area contributed by atoms with Gasteiger partial charge in [-0.3, -0.25) is 4.90 Å². The average molecular weight is 277 g/mol. The minimum absolute atomic E-state index is 0.687. The number of nitrogens with zero attached hydrogens (tertiary/aromatic N) is 5. The van der Waals surface area contributed by atoms with E-state index in [0.717, 1.165) is 18.3 Å². The van der Waals surface area contributed by atoms with Crippen molar-refractivity contribution in [3.63, 3.8) is 0 Å². The van der Waals surface area contributed by atoms with E-state index in [9.17, 15) is 0 Å². The van der Waals surface area contributed by atoms with Gasteiger partial charge in [-0.1, -0.05) is 0 Å². The molecule has 2 heterocycles. The lowest BCUT2D eigenvalue weighted by molar-refractivity contribution is 0.153. The van der Waals surface area contributed by atoms with Crippen LogP contribution in [0.1, 0.15) is 43.3 Å². The summed E-state index contributed by atoms with van der Waals surface area (Å²) in [5, 5.41) is 8.78. The zero-order valence-electron chi connectivity index (χ0n) is 13.0. The summed E-state index contributed by atoms with van der Waals surface area (Å²) in [6, 6.07) is 0. The molecular weight excluding hydrogens is 250 g/mol. The van der Waals surface area contributed by atoms with Gasteiger partial charge >= 0.3 is 0 Å². The van der Waals surface area contributed by atoms with E-state index >= 15 is 0 Å². The molecule has 0 unspecified atom stereocenters. The summed E-state index contributed by atoms with van der Waals surface area (Å²) in [6.07, 6.45) is 5.21. The van der Waals surface area contributed by atoms with Crippen molar-refractivity contribution in [2.45, 2.75) is 38.1 Å². The van der Waals surface area contributed by atoms with E-state index in [1.807, 2.05) is 0 Å². The van der Waals surface area contributed by atoms with Gasteiger partial charge in [-0.25, -0.2) is 0 Å². The first-order valence-electron chi connectivity index (χ1n) is 7.88. The second-order valence-corrected chi connectivity index (χ2v) is 6.79. The Morgan fingerprint density at radius 3 is 2.40 bits per heavy atom. The molecule has 5 nitrogen and oxygen atoms in total. The molecule has 0 spiro atoms. The van der Waals surface area contributed by atoms with Gasteiger partial charge in [-0.15, -0.1) is 10.2 Å². The fourth-order valence-corrected chi connectivity index (χ4v) is 3.25. The molecule has 2 fully saturated rings. The van der Waals surface area contributed by atoms with Gasteiger partial charge in [0.2, 0.25) is 0 Å². The predicted molar refractivity (Wildman–Crippen MR) is 79.5 cm³/mol. The number of likely N-dealkylation sites (tertiary alicyclic amines) is 1. The topological polar surface area (TPSA) is 37.2 Å². The molecule has 5 heteroatoms. The van der Waals surface area contributed by atoms with Crippen molar-refractivity contribution < 1.29 is 0 Å². The van der Waals surface area contributed by atoms with Crippen LogP contribution in [0.25, 0.3) is 0 Å². The maximum absolute atomic E-state index is 4.40. The van der Waals surface area contributed by atoms with E-state index in [1.165, 1.54) is 51.1 Å². The van der Waals surface area contributed by atoms with Gasteiger partial charge in [0.1, 0.15) is 11.6 Å². The molecule has 3 rings (SSSR count). The molecule has 20 heavy (non-hydrogen) atoms. The fourth-order valence-electron chi connectivity index (χ4n) is 3.25. The van der Waals surface area contributed by atoms with Gasteiger partial charge in [0, 0.05) is 19.5 Å². The second-order valence-electron chi connectivity index (χ2n) is 6.79. The zero-order valence-corrected chi connectivity index (χ0v) is 13.0. The summed E-state index contributed by atoms with van der Waals surface area (Å²) in [5.41, 5.74) is 0. The van der Waals surface area contributed by atoms with E-state index in [4.69, 9.17) is 0 Å². The quantitative estimate of drug-likeness (QED) is 0.817. The third-order valence-electron chi connectivity index (χ3n) is 4.64. The smallest absolute Gasteiger partial charge is 0.146 e. The van der Waals surface area contributed by atoms with Gasteiger partial charge in [0.05, 0.1) is 6.54 Å². The Labute approximate surface area is 122 Å². The van der Waals surface area contributed by atoms with Gasteiger partial charge in [0.15, 0.2) is 0 Å². The van der Waals surface area contributed by atoms with Crippen LogP contribution in [0.2, 0.25) is 0 Å². The van der Waals surface area contributed by atoms with Gasteiger partial charge in [0.25, 0.3) is 0 Å². The lowest BCUT2D eigenvalue weighted by Gasteiger charge is -2.32. The molecule has 1 aromatic rings. The van der Waals surface area contributed by atoms with Gasteiger partial charge < -0.3 is 9.47 Å². The second kappa shape index (κ2) is 5.82. The highest BCUT2D eigenvalue weighted by atomic mass is 15.3. The molecule has 0 aromatic carbocycles. The number of hydrogen-bond acceptors (Lipinski definition) is 4. The maximum atomic E-state index is 4.40. The van der Waals surface area contributed by atoms with Crippen molar-refractivity contribution in [2.75, 3.05) is 33.7 Å². The molecule has 0 atom stereocenters. The Morgan fingerprint density at radius 2 is 1.80 bits per heavy atom. The van der Waals surface area contributed by atoms with E-state index in [0.29, 0.717) is 5.92 Å². The first kappa shape index (κ1) is 14.0. The van der Waals surface area contributed by atoms with Crippen LogP contribution in [0.5, 0.6) is 0 Å². The summed E-state index contributed by atoms with van der Waals surface area (Å²) in [7, 11) is 6.47. The summed E-state index contributed by atoms with van der Waals surface area (Å²) < 4.78 is 2.23. The minimum Gasteiger partial charge on any atom is -0.317 e. The van der Waals surface area contributed by atoms with Crippen molar-refractivity contribution in [1.29, 1.82) is 0 Å². The molecular formula is C15H27N5. The molecule has 0 radical (unpaired) electrons. The molecule has 0 N–H and O–H groups in total. The Balaban J connectivity index is 1.52. The van der Waals surface area contributed by atoms with E-state index in [1.54, 1.807) is 0 Å². The molecule has 1 aromatic heterocycles. The maximum Gasteiger partial charge on any atom is 0.146 e. The van der Waals surface area contributed by atoms with Crippen LogP contribution < -0.4 is 0 Å². The minimum atomic E-state index is 0.687. The van der Waals surface area contributed by atoms with Crippen LogP contribution in [0, 0.1) is 5.92 Å². The molecule has 0 bridgehead atoms. The summed E-state index contributed by atoms with van der Waals surface area (Å²) in [6.45, 7) is 4.59. The molecule has 2 aliphatic rings. The Hall–Kier alpha value is -0.940. The highest BCUT2D eigenvalue weighted by molar-refractivity contribution is 5.07. The highest BCUT2D eigenvalue weighted by Crippen LogP contribution is 2.38. The largest absolute Gasteiger partial charge is 0.317 e. The van der Waals surface area contributed by atoms with Crippen LogP contribution >= 0.6 is 0 Å². The van der Waals surface area contributed by atoms with Crippen LogP contribution in [-0.2, 0) is 13.6 Å². The van der Waals surface area contributed by atoms with E-state index in [-0.39, 0.29) is 0 Å². The van der Waals surface area contributed by atoms with Crippen LogP contribution in [0.3, 0.4) is 0 Å². The number of hydrogen-bond donors (Lipinski definition) is 0. The van der Waals surface area contributed by atoms with E-state index in [2.05, 4.69) is 45.7 Å². The van der Waals surface area contributed by atoms with Crippen LogP contribution in [-0.4, -0.2) is 58.3 Å². The Bertz CT molecular complexity index is 441. The van der Waals surface area contributed by atoms with Gasteiger partial charge in [-0.2, -0.15) is 0 Å². The van der Waals surface area contributed by atoms with Gasteiger partial charge in [-0.05, 0) is 58.8 Å². The van der Waals surface area contributed by atoms with Crippen molar-refractivity contribution in [2.24, 2.45) is 13.0 Å². The fraction of sp³-hybridized carbons (Fsp3) is 0.867. The lowest BCUT2D eigenvalue weighted by atomic mass is 9.96. The third-order valence-corrected chi connectivity index (χ3v) is 4.64. The molecule has 1 saturated carbocycles. The molecule has 0 amide bonds. The molecule has 112 valence electrons. The number of rotatable bonds is 5. The van der Waals surface area contributed by atoms with Crippen LogP contribution in [0.4, 0.5) is 0 Å². The van der Waals surface area contributed by atoms with E-state index < -0.39 is 0 Å².